The number of benzene rings is 2. The smallest absolute Gasteiger partial charge is 0.221 e. The summed E-state index contributed by atoms with van der Waals surface area (Å²) in [7, 11) is 0. The number of rotatable bonds is 6. The van der Waals surface area contributed by atoms with Gasteiger partial charge < -0.3 is 10.3 Å². The molecule has 0 aliphatic heterocycles. The second-order valence-corrected chi connectivity index (χ2v) is 8.51. The number of amides is 1. The van der Waals surface area contributed by atoms with Gasteiger partial charge in [0.15, 0.2) is 0 Å². The molecule has 3 heteroatoms. The molecule has 0 spiro atoms. The van der Waals surface area contributed by atoms with Crippen LogP contribution in [0.3, 0.4) is 0 Å². The number of aryl methyl sites for hydroxylation is 2. The molecule has 1 fully saturated rings. The third-order valence-corrected chi connectivity index (χ3v) is 6.43. The predicted octanol–water partition coefficient (Wildman–Crippen LogP) is 6.01. The highest BCUT2D eigenvalue weighted by atomic mass is 16.1. The molecule has 3 aromatic rings. The van der Waals surface area contributed by atoms with Crippen LogP contribution in [-0.2, 0) is 11.2 Å². The fourth-order valence-electron chi connectivity index (χ4n) is 4.75. The van der Waals surface area contributed by atoms with Gasteiger partial charge in [-0.1, -0.05) is 74.2 Å². The van der Waals surface area contributed by atoms with E-state index >= 15 is 0 Å². The Morgan fingerprint density at radius 3 is 2.59 bits per heavy atom. The fraction of sp³-hybridized carbons (Fsp3) is 0.423. The summed E-state index contributed by atoms with van der Waals surface area (Å²) in [4.78, 5) is 16.5. The molecule has 3 nitrogen and oxygen atoms in total. The summed E-state index contributed by atoms with van der Waals surface area (Å²) < 4.78 is 0. The average molecular weight is 389 g/mol. The van der Waals surface area contributed by atoms with Crippen LogP contribution in [0.1, 0.15) is 73.6 Å². The molecule has 2 aromatic carbocycles. The van der Waals surface area contributed by atoms with Crippen LogP contribution in [0, 0.1) is 6.92 Å². The molecular weight excluding hydrogens is 356 g/mol. The molecule has 1 aliphatic rings. The van der Waals surface area contributed by atoms with Gasteiger partial charge in [0, 0.05) is 35.5 Å². The van der Waals surface area contributed by atoms with Gasteiger partial charge in [-0.25, -0.2) is 0 Å². The Balaban J connectivity index is 1.65. The molecule has 152 valence electrons. The summed E-state index contributed by atoms with van der Waals surface area (Å²) in [6.45, 7) is 4.29. The van der Waals surface area contributed by atoms with E-state index in [0.29, 0.717) is 12.5 Å². The minimum atomic E-state index is 0.0556. The van der Waals surface area contributed by atoms with Gasteiger partial charge in [-0.2, -0.15) is 0 Å². The molecule has 0 radical (unpaired) electrons. The Morgan fingerprint density at radius 2 is 1.86 bits per heavy atom. The second-order valence-electron chi connectivity index (χ2n) is 8.51. The topological polar surface area (TPSA) is 44.9 Å². The number of carbonyl (C=O) groups excluding carboxylic acids is 1. The standard InChI is InChI=1S/C26H32N2O/c1-3-19-8-7-11-22-24(17-27-26(19)22)23(20-14-12-18(2)13-15-20)16-25(29)28-21-9-5-4-6-10-21/h7-8,11-15,17,21,23,27H,3-6,9-10,16H2,1-2H3,(H,28,29). The first-order chi connectivity index (χ1) is 14.2. The number of H-pyrrole nitrogens is 1. The lowest BCUT2D eigenvalue weighted by atomic mass is 9.87. The van der Waals surface area contributed by atoms with Crippen LogP contribution < -0.4 is 5.32 Å². The van der Waals surface area contributed by atoms with E-state index in [1.807, 2.05) is 0 Å². The monoisotopic (exact) mass is 388 g/mol. The largest absolute Gasteiger partial charge is 0.361 e. The second kappa shape index (κ2) is 8.86. The lowest BCUT2D eigenvalue weighted by Gasteiger charge is -2.24. The van der Waals surface area contributed by atoms with Crippen molar-refractivity contribution in [2.45, 2.75) is 70.8 Å². The van der Waals surface area contributed by atoms with Gasteiger partial charge in [0.2, 0.25) is 5.91 Å². The van der Waals surface area contributed by atoms with Crippen molar-refractivity contribution in [2.24, 2.45) is 0 Å². The molecule has 29 heavy (non-hydrogen) atoms. The highest BCUT2D eigenvalue weighted by Gasteiger charge is 2.24. The first kappa shape index (κ1) is 19.8. The summed E-state index contributed by atoms with van der Waals surface area (Å²) in [5.74, 6) is 0.225. The third-order valence-electron chi connectivity index (χ3n) is 6.43. The van der Waals surface area contributed by atoms with Crippen LogP contribution in [-0.4, -0.2) is 16.9 Å². The third kappa shape index (κ3) is 4.39. The van der Waals surface area contributed by atoms with Crippen molar-refractivity contribution in [3.05, 3.63) is 70.9 Å². The first-order valence-electron chi connectivity index (χ1n) is 11.1. The fourth-order valence-corrected chi connectivity index (χ4v) is 4.75. The molecule has 1 amide bonds. The quantitative estimate of drug-likeness (QED) is 0.534. The molecule has 2 N–H and O–H groups in total. The van der Waals surface area contributed by atoms with E-state index in [1.54, 1.807) is 0 Å². The van der Waals surface area contributed by atoms with Crippen LogP contribution in [0.2, 0.25) is 0 Å². The first-order valence-corrected chi connectivity index (χ1v) is 11.1. The minimum absolute atomic E-state index is 0.0556. The highest BCUT2D eigenvalue weighted by molar-refractivity contribution is 5.88. The van der Waals surface area contributed by atoms with Gasteiger partial charge in [0.25, 0.3) is 0 Å². The molecule has 1 aromatic heterocycles. The summed E-state index contributed by atoms with van der Waals surface area (Å²) in [6, 6.07) is 15.5. The summed E-state index contributed by atoms with van der Waals surface area (Å²) >= 11 is 0. The van der Waals surface area contributed by atoms with Crippen LogP contribution in [0.25, 0.3) is 10.9 Å². The lowest BCUT2D eigenvalue weighted by Crippen LogP contribution is -2.36. The molecule has 4 rings (SSSR count). The molecule has 1 unspecified atom stereocenters. The molecule has 1 aliphatic carbocycles. The van der Waals surface area contributed by atoms with Crippen molar-refractivity contribution in [1.29, 1.82) is 0 Å². The molecule has 0 saturated heterocycles. The maximum Gasteiger partial charge on any atom is 0.221 e. The molecule has 1 atom stereocenters. The Hall–Kier alpha value is -2.55. The van der Waals surface area contributed by atoms with Crippen LogP contribution in [0.4, 0.5) is 0 Å². The number of aromatic amines is 1. The molecule has 1 saturated carbocycles. The number of carbonyl (C=O) groups is 1. The van der Waals surface area contributed by atoms with Gasteiger partial charge >= 0.3 is 0 Å². The SMILES string of the molecule is CCc1cccc2c(C(CC(=O)NC3CCCCC3)c3ccc(C)cc3)c[nH]c12. The average Bonchev–Trinajstić information content (AvgIpc) is 3.17. The molecule has 0 bridgehead atoms. The van der Waals surface area contributed by atoms with E-state index in [9.17, 15) is 4.79 Å². The van der Waals surface area contributed by atoms with E-state index in [2.05, 4.69) is 72.8 Å². The highest BCUT2D eigenvalue weighted by Crippen LogP contribution is 2.35. The van der Waals surface area contributed by atoms with Crippen molar-refractivity contribution in [3.8, 4) is 0 Å². The number of aromatic nitrogens is 1. The number of fused-ring (bicyclic) bond motifs is 1. The summed E-state index contributed by atoms with van der Waals surface area (Å²) in [5, 5.41) is 4.55. The van der Waals surface area contributed by atoms with Gasteiger partial charge in [0.1, 0.15) is 0 Å². The summed E-state index contributed by atoms with van der Waals surface area (Å²) in [6.07, 6.45) is 9.60. The van der Waals surface area contributed by atoms with Gasteiger partial charge in [-0.3, -0.25) is 4.79 Å². The lowest BCUT2D eigenvalue weighted by molar-refractivity contribution is -0.122. The van der Waals surface area contributed by atoms with E-state index < -0.39 is 0 Å². The van der Waals surface area contributed by atoms with Gasteiger partial charge in [-0.05, 0) is 42.9 Å². The van der Waals surface area contributed by atoms with Gasteiger partial charge in [0.05, 0.1) is 0 Å². The Bertz CT molecular complexity index is 964. The number of hydrogen-bond acceptors (Lipinski definition) is 1. The maximum atomic E-state index is 13.0. The van der Waals surface area contributed by atoms with E-state index in [1.165, 1.54) is 52.4 Å². The van der Waals surface area contributed by atoms with Crippen molar-refractivity contribution < 1.29 is 4.79 Å². The zero-order valence-electron chi connectivity index (χ0n) is 17.6. The minimum Gasteiger partial charge on any atom is -0.361 e. The van der Waals surface area contributed by atoms with Crippen molar-refractivity contribution in [3.63, 3.8) is 0 Å². The van der Waals surface area contributed by atoms with Crippen molar-refractivity contribution >= 4 is 16.8 Å². The maximum absolute atomic E-state index is 13.0. The Morgan fingerprint density at radius 1 is 1.10 bits per heavy atom. The number of hydrogen-bond donors (Lipinski definition) is 2. The predicted molar refractivity (Wildman–Crippen MR) is 120 cm³/mol. The molecule has 1 heterocycles. The number of para-hydroxylation sites is 1. The molecular formula is C26H32N2O. The van der Waals surface area contributed by atoms with E-state index in [-0.39, 0.29) is 11.8 Å². The Labute approximate surface area is 173 Å². The van der Waals surface area contributed by atoms with Crippen molar-refractivity contribution in [1.82, 2.24) is 10.3 Å². The van der Waals surface area contributed by atoms with Crippen LogP contribution in [0.5, 0.6) is 0 Å². The van der Waals surface area contributed by atoms with Crippen molar-refractivity contribution in [2.75, 3.05) is 0 Å². The normalized spacial score (nSPS) is 16.1. The van der Waals surface area contributed by atoms with E-state index in [0.717, 1.165) is 19.3 Å². The van der Waals surface area contributed by atoms with Crippen LogP contribution >= 0.6 is 0 Å². The zero-order valence-corrected chi connectivity index (χ0v) is 17.6. The zero-order chi connectivity index (χ0) is 20.2. The Kier molecular flexibility index (Phi) is 6.03. The van der Waals surface area contributed by atoms with Crippen LogP contribution in [0.15, 0.2) is 48.7 Å². The van der Waals surface area contributed by atoms with E-state index in [4.69, 9.17) is 0 Å². The van der Waals surface area contributed by atoms with Gasteiger partial charge in [-0.15, -0.1) is 0 Å². The summed E-state index contributed by atoms with van der Waals surface area (Å²) in [5.41, 5.74) is 6.19. The number of nitrogens with one attached hydrogen (secondary N) is 2.